The van der Waals surface area contributed by atoms with Crippen LogP contribution in [0.1, 0.15) is 59.3 Å². The number of hydrogen-bond acceptors (Lipinski definition) is 0. The highest BCUT2D eigenvalue weighted by molar-refractivity contribution is 5.30. The van der Waals surface area contributed by atoms with Crippen LogP contribution in [0.25, 0.3) is 0 Å². The summed E-state index contributed by atoms with van der Waals surface area (Å²) in [6.07, 6.45) is 8.57. The monoisotopic (exact) mass is 204 g/mol. The van der Waals surface area contributed by atoms with Crippen LogP contribution in [0.5, 0.6) is 0 Å². The molecule has 0 nitrogen and oxygen atoms in total. The van der Waals surface area contributed by atoms with Gasteiger partial charge in [-0.1, -0.05) is 39.3 Å². The minimum Gasteiger partial charge on any atom is -0.0995 e. The first kappa shape index (κ1) is 9.93. The molecule has 15 heavy (non-hydrogen) atoms. The first-order valence-electron chi connectivity index (χ1n) is 6.61. The molecule has 3 atom stereocenters. The Bertz CT molecular complexity index is 325. The van der Waals surface area contributed by atoms with Crippen LogP contribution in [0.15, 0.2) is 12.2 Å². The molecule has 0 unspecified atom stereocenters. The topological polar surface area (TPSA) is 0 Å². The minimum atomic E-state index is 0.550. The second-order valence-corrected chi connectivity index (χ2v) is 7.16. The Kier molecular flexibility index (Phi) is 1.67. The third-order valence-electron chi connectivity index (χ3n) is 6.54. The van der Waals surface area contributed by atoms with Crippen LogP contribution in [0.4, 0.5) is 0 Å². The van der Waals surface area contributed by atoms with E-state index in [9.17, 15) is 0 Å². The molecule has 3 aliphatic carbocycles. The molecule has 3 aliphatic rings. The average Bonchev–Trinajstić information content (AvgIpc) is 2.53. The fourth-order valence-corrected chi connectivity index (χ4v) is 5.69. The van der Waals surface area contributed by atoms with E-state index in [2.05, 4.69) is 27.4 Å². The average molecular weight is 204 g/mol. The fourth-order valence-electron chi connectivity index (χ4n) is 5.69. The molecule has 0 aliphatic heterocycles. The molecule has 0 aromatic heterocycles. The van der Waals surface area contributed by atoms with Gasteiger partial charge in [-0.25, -0.2) is 0 Å². The van der Waals surface area contributed by atoms with Crippen LogP contribution in [0, 0.1) is 22.2 Å². The van der Waals surface area contributed by atoms with Crippen molar-refractivity contribution in [1.29, 1.82) is 0 Å². The number of rotatable bonds is 0. The highest BCUT2D eigenvalue weighted by Gasteiger charge is 2.68. The lowest BCUT2D eigenvalue weighted by Crippen LogP contribution is -2.48. The first-order valence-corrected chi connectivity index (χ1v) is 6.61. The van der Waals surface area contributed by atoms with E-state index < -0.39 is 0 Å². The van der Waals surface area contributed by atoms with Crippen molar-refractivity contribution in [1.82, 2.24) is 0 Å². The summed E-state index contributed by atoms with van der Waals surface area (Å²) in [6.45, 7) is 12.0. The lowest BCUT2D eigenvalue weighted by molar-refractivity contribution is -0.0674. The Morgan fingerprint density at radius 1 is 1.13 bits per heavy atom. The molecule has 84 valence electrons. The highest BCUT2D eigenvalue weighted by Crippen LogP contribution is 2.77. The quantitative estimate of drug-likeness (QED) is 0.507. The van der Waals surface area contributed by atoms with Gasteiger partial charge in [0.15, 0.2) is 0 Å². The van der Waals surface area contributed by atoms with Gasteiger partial charge >= 0.3 is 0 Å². The molecule has 0 spiro atoms. The fraction of sp³-hybridized carbons (Fsp3) is 0.867. The Morgan fingerprint density at radius 3 is 2.47 bits per heavy atom. The van der Waals surface area contributed by atoms with E-state index in [-0.39, 0.29) is 0 Å². The summed E-state index contributed by atoms with van der Waals surface area (Å²) in [6, 6.07) is 0. The van der Waals surface area contributed by atoms with Crippen molar-refractivity contribution in [3.8, 4) is 0 Å². The van der Waals surface area contributed by atoms with Gasteiger partial charge in [-0.15, -0.1) is 0 Å². The Labute approximate surface area is 94.1 Å². The van der Waals surface area contributed by atoms with Gasteiger partial charge in [0.1, 0.15) is 0 Å². The second-order valence-electron chi connectivity index (χ2n) is 7.16. The van der Waals surface area contributed by atoms with Crippen molar-refractivity contribution in [2.45, 2.75) is 59.3 Å². The molecule has 0 N–H and O–H groups in total. The molecule has 0 aromatic carbocycles. The minimum absolute atomic E-state index is 0.550. The maximum Gasteiger partial charge on any atom is -0.0146 e. The van der Waals surface area contributed by atoms with Gasteiger partial charge < -0.3 is 0 Å². The molecule has 3 saturated carbocycles. The van der Waals surface area contributed by atoms with Crippen LogP contribution in [0.2, 0.25) is 0 Å². The largest absolute Gasteiger partial charge is 0.0995 e. The van der Waals surface area contributed by atoms with Crippen LogP contribution in [0.3, 0.4) is 0 Å². The van der Waals surface area contributed by atoms with Gasteiger partial charge in [0.25, 0.3) is 0 Å². The van der Waals surface area contributed by atoms with Crippen molar-refractivity contribution in [2.24, 2.45) is 22.2 Å². The van der Waals surface area contributed by atoms with Crippen molar-refractivity contribution in [2.75, 3.05) is 0 Å². The van der Waals surface area contributed by atoms with E-state index in [0.717, 1.165) is 5.92 Å². The molecule has 0 saturated heterocycles. The van der Waals surface area contributed by atoms with E-state index >= 15 is 0 Å². The Morgan fingerprint density at radius 2 is 1.87 bits per heavy atom. The molecule has 0 heterocycles. The van der Waals surface area contributed by atoms with Gasteiger partial charge in [0.2, 0.25) is 0 Å². The molecule has 0 radical (unpaired) electrons. The van der Waals surface area contributed by atoms with Crippen LogP contribution < -0.4 is 0 Å². The summed E-state index contributed by atoms with van der Waals surface area (Å²) in [5.41, 5.74) is 3.35. The summed E-state index contributed by atoms with van der Waals surface area (Å²) in [5, 5.41) is 0. The summed E-state index contributed by atoms with van der Waals surface area (Å²) in [4.78, 5) is 0. The van der Waals surface area contributed by atoms with Crippen LogP contribution in [-0.4, -0.2) is 0 Å². The van der Waals surface area contributed by atoms with E-state index in [1.54, 1.807) is 5.57 Å². The lowest BCUT2D eigenvalue weighted by atomic mass is 9.49. The van der Waals surface area contributed by atoms with E-state index in [1.807, 2.05) is 0 Å². The van der Waals surface area contributed by atoms with Gasteiger partial charge in [-0.05, 0) is 54.3 Å². The van der Waals surface area contributed by atoms with Gasteiger partial charge in [0.05, 0.1) is 0 Å². The summed E-state index contributed by atoms with van der Waals surface area (Å²) in [7, 11) is 0. The molecule has 0 amide bonds. The zero-order chi connectivity index (χ0) is 10.9. The summed E-state index contributed by atoms with van der Waals surface area (Å²) in [5.74, 6) is 0.858. The van der Waals surface area contributed by atoms with Crippen molar-refractivity contribution in [3.63, 3.8) is 0 Å². The molecule has 0 heteroatoms. The summed E-state index contributed by atoms with van der Waals surface area (Å²) < 4.78 is 0. The molecule has 3 rings (SSSR count). The molecular weight excluding hydrogens is 180 g/mol. The van der Waals surface area contributed by atoms with Gasteiger partial charge in [-0.3, -0.25) is 0 Å². The van der Waals surface area contributed by atoms with Crippen LogP contribution in [-0.2, 0) is 0 Å². The standard InChI is InChI=1S/C15H24/c1-11-10-15-9-6-12(11)14(15,4)8-5-7-13(15,2)3/h12H,1,5-10H2,2-4H3/t12-,14-,15+/m0/s1. The SMILES string of the molecule is C=C1C[C@@]23CC[C@@H]1[C@]2(C)CCCC3(C)C. The normalized spacial score (nSPS) is 51.9. The maximum absolute atomic E-state index is 4.37. The maximum atomic E-state index is 4.37. The molecule has 0 aromatic rings. The highest BCUT2D eigenvalue weighted by atomic mass is 14.7. The third kappa shape index (κ3) is 0.867. The van der Waals surface area contributed by atoms with Gasteiger partial charge in [0, 0.05) is 0 Å². The second kappa shape index (κ2) is 2.52. The number of allylic oxidation sites excluding steroid dienone is 1. The van der Waals surface area contributed by atoms with Crippen molar-refractivity contribution < 1.29 is 0 Å². The Balaban J connectivity index is 2.16. The predicted molar refractivity (Wildman–Crippen MR) is 64.7 cm³/mol. The van der Waals surface area contributed by atoms with E-state index in [1.165, 1.54) is 38.5 Å². The van der Waals surface area contributed by atoms with Gasteiger partial charge in [-0.2, -0.15) is 0 Å². The van der Waals surface area contributed by atoms with Crippen molar-refractivity contribution >= 4 is 0 Å². The lowest BCUT2D eigenvalue weighted by Gasteiger charge is -2.55. The van der Waals surface area contributed by atoms with Crippen molar-refractivity contribution in [3.05, 3.63) is 12.2 Å². The smallest absolute Gasteiger partial charge is 0.0146 e. The number of hydrogen-bond donors (Lipinski definition) is 0. The third-order valence-corrected chi connectivity index (χ3v) is 6.54. The molecule has 3 fully saturated rings. The Hall–Kier alpha value is -0.260. The predicted octanol–water partition coefficient (Wildman–Crippen LogP) is 4.56. The summed E-state index contributed by atoms with van der Waals surface area (Å²) >= 11 is 0. The molecule has 2 bridgehead atoms. The van der Waals surface area contributed by atoms with E-state index in [0.29, 0.717) is 16.2 Å². The first-order chi connectivity index (χ1) is 6.93. The van der Waals surface area contributed by atoms with Crippen LogP contribution >= 0.6 is 0 Å². The zero-order valence-corrected chi connectivity index (χ0v) is 10.5. The van der Waals surface area contributed by atoms with E-state index in [4.69, 9.17) is 0 Å². The molecular formula is C15H24. The zero-order valence-electron chi connectivity index (χ0n) is 10.5.